The second kappa shape index (κ2) is 7.63. The van der Waals surface area contributed by atoms with E-state index in [0.717, 1.165) is 31.5 Å². The Morgan fingerprint density at radius 2 is 1.88 bits per heavy atom. The molecule has 0 spiro atoms. The third-order valence-electron chi connectivity index (χ3n) is 4.95. The highest BCUT2D eigenvalue weighted by Gasteiger charge is 2.30. The van der Waals surface area contributed by atoms with E-state index in [9.17, 15) is 4.79 Å². The van der Waals surface area contributed by atoms with E-state index in [1.807, 2.05) is 30.3 Å². The predicted octanol–water partition coefficient (Wildman–Crippen LogP) is 3.48. The second-order valence-corrected chi connectivity index (χ2v) is 6.91. The number of carbonyl (C=O) groups excluding carboxylic acids is 1. The van der Waals surface area contributed by atoms with E-state index in [1.165, 1.54) is 17.5 Å². The summed E-state index contributed by atoms with van der Waals surface area (Å²) in [5, 5.41) is 0. The van der Waals surface area contributed by atoms with Crippen LogP contribution in [0.3, 0.4) is 0 Å². The molecule has 3 rings (SSSR count). The van der Waals surface area contributed by atoms with Gasteiger partial charge in [-0.3, -0.25) is 9.69 Å². The first-order chi connectivity index (χ1) is 11.6. The average molecular weight is 322 g/mol. The lowest BCUT2D eigenvalue weighted by molar-refractivity contribution is -0.124. The van der Waals surface area contributed by atoms with Crippen LogP contribution in [0.2, 0.25) is 0 Å². The van der Waals surface area contributed by atoms with Crippen LogP contribution in [0.25, 0.3) is 0 Å². The molecule has 0 aliphatic carbocycles. The Bertz CT molecular complexity index is 666. The standard InChI is InChI=1S/C21H26N2O/c1-16-9-11-17(12-10-16)14-18-6-5-13-23(15-18)20(21(22)24)19-7-3-2-4-8-19/h2-4,7-12,18,20H,5-6,13-15H2,1H3,(H2,22,24)/t18-,20-/m1/s1. The zero-order valence-corrected chi connectivity index (χ0v) is 14.3. The maximum absolute atomic E-state index is 12.1. The smallest absolute Gasteiger partial charge is 0.239 e. The molecule has 2 atom stereocenters. The van der Waals surface area contributed by atoms with E-state index in [-0.39, 0.29) is 11.9 Å². The first kappa shape index (κ1) is 16.7. The summed E-state index contributed by atoms with van der Waals surface area (Å²) in [7, 11) is 0. The number of likely N-dealkylation sites (tertiary alicyclic amines) is 1. The number of benzene rings is 2. The number of amides is 1. The Morgan fingerprint density at radius 1 is 1.17 bits per heavy atom. The number of nitrogens with two attached hydrogens (primary N) is 1. The van der Waals surface area contributed by atoms with E-state index < -0.39 is 0 Å². The zero-order chi connectivity index (χ0) is 16.9. The van der Waals surface area contributed by atoms with Crippen LogP contribution in [-0.2, 0) is 11.2 Å². The lowest BCUT2D eigenvalue weighted by atomic mass is 9.89. The highest BCUT2D eigenvalue weighted by molar-refractivity contribution is 5.81. The van der Waals surface area contributed by atoms with Crippen molar-refractivity contribution in [2.45, 2.75) is 32.2 Å². The predicted molar refractivity (Wildman–Crippen MR) is 97.6 cm³/mol. The molecule has 2 aromatic carbocycles. The molecule has 3 nitrogen and oxygen atoms in total. The average Bonchev–Trinajstić information content (AvgIpc) is 2.58. The zero-order valence-electron chi connectivity index (χ0n) is 14.3. The molecule has 3 heteroatoms. The largest absolute Gasteiger partial charge is 0.368 e. The topological polar surface area (TPSA) is 46.3 Å². The van der Waals surface area contributed by atoms with Crippen molar-refractivity contribution in [2.75, 3.05) is 13.1 Å². The van der Waals surface area contributed by atoms with Crippen molar-refractivity contribution in [1.82, 2.24) is 4.90 Å². The summed E-state index contributed by atoms with van der Waals surface area (Å²) in [4.78, 5) is 14.3. The minimum absolute atomic E-state index is 0.253. The van der Waals surface area contributed by atoms with Gasteiger partial charge in [0.25, 0.3) is 0 Å². The van der Waals surface area contributed by atoms with Crippen molar-refractivity contribution >= 4 is 5.91 Å². The molecule has 1 fully saturated rings. The van der Waals surface area contributed by atoms with Crippen LogP contribution in [0, 0.1) is 12.8 Å². The SMILES string of the molecule is Cc1ccc(C[C@H]2CCCN([C@@H](C(N)=O)c3ccccc3)C2)cc1. The van der Waals surface area contributed by atoms with Gasteiger partial charge in [-0.05, 0) is 49.8 Å². The summed E-state index contributed by atoms with van der Waals surface area (Å²) in [6.45, 7) is 3.98. The number of primary amides is 1. The van der Waals surface area contributed by atoms with Crippen LogP contribution < -0.4 is 5.73 Å². The van der Waals surface area contributed by atoms with Crippen molar-refractivity contribution in [3.05, 3.63) is 71.3 Å². The van der Waals surface area contributed by atoms with Crippen LogP contribution in [-0.4, -0.2) is 23.9 Å². The van der Waals surface area contributed by atoms with Gasteiger partial charge in [-0.25, -0.2) is 0 Å². The van der Waals surface area contributed by atoms with Gasteiger partial charge < -0.3 is 5.73 Å². The molecular weight excluding hydrogens is 296 g/mol. The molecule has 1 amide bonds. The molecule has 0 bridgehead atoms. The van der Waals surface area contributed by atoms with Gasteiger partial charge in [-0.15, -0.1) is 0 Å². The summed E-state index contributed by atoms with van der Waals surface area (Å²) in [5.74, 6) is 0.323. The number of piperidine rings is 1. The normalized spacial score (nSPS) is 19.8. The summed E-state index contributed by atoms with van der Waals surface area (Å²) in [6, 6.07) is 18.4. The van der Waals surface area contributed by atoms with Crippen LogP contribution in [0.1, 0.15) is 35.6 Å². The van der Waals surface area contributed by atoms with Crippen molar-refractivity contribution < 1.29 is 4.79 Å². The molecule has 1 aliphatic rings. The minimum atomic E-state index is -0.313. The summed E-state index contributed by atoms with van der Waals surface area (Å²) < 4.78 is 0. The maximum atomic E-state index is 12.1. The molecule has 0 aromatic heterocycles. The van der Waals surface area contributed by atoms with E-state index in [1.54, 1.807) is 0 Å². The summed E-state index contributed by atoms with van der Waals surface area (Å²) in [6.07, 6.45) is 3.40. The molecule has 0 radical (unpaired) electrons. The number of rotatable bonds is 5. The Kier molecular flexibility index (Phi) is 5.31. The second-order valence-electron chi connectivity index (χ2n) is 6.91. The molecule has 0 saturated carbocycles. The summed E-state index contributed by atoms with van der Waals surface area (Å²) in [5.41, 5.74) is 9.41. The maximum Gasteiger partial charge on any atom is 0.239 e. The molecule has 1 heterocycles. The molecule has 1 aliphatic heterocycles. The molecule has 0 unspecified atom stereocenters. The van der Waals surface area contributed by atoms with Gasteiger partial charge in [0, 0.05) is 6.54 Å². The number of hydrogen-bond acceptors (Lipinski definition) is 2. The van der Waals surface area contributed by atoms with Gasteiger partial charge >= 0.3 is 0 Å². The first-order valence-corrected chi connectivity index (χ1v) is 8.77. The molecule has 24 heavy (non-hydrogen) atoms. The molecule has 2 aromatic rings. The number of aryl methyl sites for hydroxylation is 1. The number of carbonyl (C=O) groups is 1. The third kappa shape index (κ3) is 4.04. The fraction of sp³-hybridized carbons (Fsp3) is 0.381. The molecule has 2 N–H and O–H groups in total. The monoisotopic (exact) mass is 322 g/mol. The van der Waals surface area contributed by atoms with Crippen LogP contribution >= 0.6 is 0 Å². The first-order valence-electron chi connectivity index (χ1n) is 8.77. The van der Waals surface area contributed by atoms with Crippen molar-refractivity contribution in [3.63, 3.8) is 0 Å². The number of nitrogens with zero attached hydrogens (tertiary/aromatic N) is 1. The Labute approximate surface area is 144 Å². The van der Waals surface area contributed by atoms with Gasteiger partial charge in [-0.2, -0.15) is 0 Å². The highest BCUT2D eigenvalue weighted by atomic mass is 16.1. The van der Waals surface area contributed by atoms with E-state index >= 15 is 0 Å². The number of hydrogen-bond donors (Lipinski definition) is 1. The van der Waals surface area contributed by atoms with Gasteiger partial charge in [0.1, 0.15) is 6.04 Å². The van der Waals surface area contributed by atoms with Crippen molar-refractivity contribution in [3.8, 4) is 0 Å². The fourth-order valence-electron chi connectivity index (χ4n) is 3.75. The lowest BCUT2D eigenvalue weighted by Gasteiger charge is -2.37. The van der Waals surface area contributed by atoms with E-state index in [2.05, 4.69) is 36.1 Å². The van der Waals surface area contributed by atoms with Crippen LogP contribution in [0.4, 0.5) is 0 Å². The van der Waals surface area contributed by atoms with E-state index in [4.69, 9.17) is 5.73 Å². The Balaban J connectivity index is 1.71. The van der Waals surface area contributed by atoms with E-state index in [0.29, 0.717) is 5.92 Å². The van der Waals surface area contributed by atoms with Gasteiger partial charge in [0.05, 0.1) is 0 Å². The van der Waals surface area contributed by atoms with Crippen LogP contribution in [0.5, 0.6) is 0 Å². The van der Waals surface area contributed by atoms with Crippen LogP contribution in [0.15, 0.2) is 54.6 Å². The van der Waals surface area contributed by atoms with Gasteiger partial charge in [0.15, 0.2) is 0 Å². The Hall–Kier alpha value is -2.13. The molecule has 126 valence electrons. The van der Waals surface area contributed by atoms with Gasteiger partial charge in [-0.1, -0.05) is 60.2 Å². The lowest BCUT2D eigenvalue weighted by Crippen LogP contribution is -2.44. The third-order valence-corrected chi connectivity index (χ3v) is 4.95. The highest BCUT2D eigenvalue weighted by Crippen LogP contribution is 2.28. The fourth-order valence-corrected chi connectivity index (χ4v) is 3.75. The van der Waals surface area contributed by atoms with Crippen molar-refractivity contribution in [1.29, 1.82) is 0 Å². The quantitative estimate of drug-likeness (QED) is 0.916. The molecular formula is C21H26N2O. The Morgan fingerprint density at radius 3 is 2.54 bits per heavy atom. The molecule has 1 saturated heterocycles. The minimum Gasteiger partial charge on any atom is -0.368 e. The van der Waals surface area contributed by atoms with Gasteiger partial charge in [0.2, 0.25) is 5.91 Å². The van der Waals surface area contributed by atoms with Crippen molar-refractivity contribution in [2.24, 2.45) is 11.7 Å². The summed E-state index contributed by atoms with van der Waals surface area (Å²) >= 11 is 0.